The quantitative estimate of drug-likeness (QED) is 0.503. The number of nitrogens with zero attached hydrogens (tertiary/aromatic N) is 5. The van der Waals surface area contributed by atoms with Gasteiger partial charge in [0.15, 0.2) is 0 Å². The van der Waals surface area contributed by atoms with E-state index in [0.29, 0.717) is 0 Å². The second kappa shape index (κ2) is 12.0. The second-order valence-electron chi connectivity index (χ2n) is 7.09. The molecule has 1 aliphatic rings. The van der Waals surface area contributed by atoms with Crippen LogP contribution in [-0.2, 0) is 13.0 Å². The molecule has 31 heavy (non-hydrogen) atoms. The predicted octanol–water partition coefficient (Wildman–Crippen LogP) is 4.35. The molecule has 9 heteroatoms. The number of anilines is 1. The molecule has 3 heterocycles. The van der Waals surface area contributed by atoms with E-state index in [4.69, 9.17) is 10.00 Å². The van der Waals surface area contributed by atoms with Crippen LogP contribution in [0.15, 0.2) is 48.0 Å². The van der Waals surface area contributed by atoms with E-state index in [2.05, 4.69) is 44.5 Å². The number of hydrogen-bond donors (Lipinski definition) is 0. The van der Waals surface area contributed by atoms with Gasteiger partial charge in [-0.3, -0.25) is 9.58 Å². The molecule has 1 saturated heterocycles. The topological polar surface area (TPSA) is 57.3 Å². The zero-order valence-corrected chi connectivity index (χ0v) is 19.9. The monoisotopic (exact) mass is 479 g/mol. The number of aromatic nitrogens is 2. The maximum atomic E-state index is 9.01. The Morgan fingerprint density at radius 3 is 2.55 bits per heavy atom. The third-order valence-corrected chi connectivity index (χ3v) is 6.20. The smallest absolute Gasteiger partial charge is 0.142 e. The van der Waals surface area contributed by atoms with Crippen molar-refractivity contribution in [1.29, 1.82) is 5.26 Å². The van der Waals surface area contributed by atoms with E-state index in [0.717, 1.165) is 55.5 Å². The van der Waals surface area contributed by atoms with E-state index < -0.39 is 0 Å². The number of ether oxygens (including phenoxy) is 1. The molecule has 0 amide bonds. The predicted molar refractivity (Wildman–Crippen MR) is 131 cm³/mol. The van der Waals surface area contributed by atoms with Crippen molar-refractivity contribution in [3.8, 4) is 22.4 Å². The Bertz CT molecular complexity index is 978. The average molecular weight is 480 g/mol. The molecule has 2 aromatic heterocycles. The zero-order valence-electron chi connectivity index (χ0n) is 17.4. The molecule has 0 bridgehead atoms. The van der Waals surface area contributed by atoms with Gasteiger partial charge in [-0.05, 0) is 30.0 Å². The molecule has 0 unspecified atom stereocenters. The number of halogens is 2. The summed E-state index contributed by atoms with van der Waals surface area (Å²) in [5, 5.41) is 15.7. The Morgan fingerprint density at radius 2 is 1.87 bits per heavy atom. The third-order valence-electron chi connectivity index (χ3n) is 5.32. The fraction of sp³-hybridized carbons (Fsp3) is 0.364. The molecule has 1 aromatic carbocycles. The summed E-state index contributed by atoms with van der Waals surface area (Å²) in [4.78, 5) is 6.07. The Balaban J connectivity index is 0.00000171. The molecule has 166 valence electrons. The van der Waals surface area contributed by atoms with Crippen molar-refractivity contribution in [1.82, 2.24) is 14.7 Å². The van der Waals surface area contributed by atoms with Crippen molar-refractivity contribution in [2.45, 2.75) is 13.0 Å². The largest absolute Gasteiger partial charge is 0.495 e. The molecular weight excluding hydrogens is 453 g/mol. The van der Waals surface area contributed by atoms with Crippen molar-refractivity contribution in [3.63, 3.8) is 0 Å². The van der Waals surface area contributed by atoms with Crippen LogP contribution < -0.4 is 9.64 Å². The Morgan fingerprint density at radius 1 is 1.10 bits per heavy atom. The summed E-state index contributed by atoms with van der Waals surface area (Å²) in [6.45, 7) is 5.32. The van der Waals surface area contributed by atoms with Gasteiger partial charge in [-0.2, -0.15) is 10.4 Å². The summed E-state index contributed by atoms with van der Waals surface area (Å²) >= 11 is 1.69. The lowest BCUT2D eigenvalue weighted by molar-refractivity contribution is 0.260. The second-order valence-corrected chi connectivity index (χ2v) is 8.03. The summed E-state index contributed by atoms with van der Waals surface area (Å²) in [7, 11) is 1.73. The fourth-order valence-corrected chi connectivity index (χ4v) is 4.55. The average Bonchev–Trinajstić information content (AvgIpc) is 3.43. The minimum absolute atomic E-state index is 0. The van der Waals surface area contributed by atoms with Gasteiger partial charge in [0.2, 0.25) is 0 Å². The van der Waals surface area contributed by atoms with E-state index in [-0.39, 0.29) is 31.4 Å². The first-order valence-corrected chi connectivity index (χ1v) is 10.7. The SMILES string of the molecule is COc1ccccc1N1CCN(CCc2cn(CC#N)nc2-c2cccs2)CC1.Cl.Cl. The maximum Gasteiger partial charge on any atom is 0.142 e. The van der Waals surface area contributed by atoms with Crippen LogP contribution in [0.2, 0.25) is 0 Å². The zero-order chi connectivity index (χ0) is 20.1. The molecule has 0 N–H and O–H groups in total. The Hall–Kier alpha value is -2.24. The standard InChI is InChI=1S/C22H25N5OS.2ClH/c1-28-20-6-3-2-5-19(20)26-14-12-25(13-15-26)10-8-18-17-27(11-9-23)24-22(18)21-7-4-16-29-21;;/h2-7,16-17H,8,10-15H2,1H3;2*1H. The lowest BCUT2D eigenvalue weighted by Crippen LogP contribution is -2.47. The number of para-hydroxylation sites is 2. The van der Waals surface area contributed by atoms with Crippen LogP contribution in [0.5, 0.6) is 5.75 Å². The fourth-order valence-electron chi connectivity index (χ4n) is 3.80. The van der Waals surface area contributed by atoms with E-state index in [1.807, 2.05) is 24.4 Å². The molecule has 0 radical (unpaired) electrons. The number of hydrogen-bond acceptors (Lipinski definition) is 6. The van der Waals surface area contributed by atoms with Crippen molar-refractivity contribution in [2.24, 2.45) is 0 Å². The number of methoxy groups -OCH3 is 1. The number of rotatable bonds is 7. The van der Waals surface area contributed by atoms with Crippen LogP contribution in [0.1, 0.15) is 5.56 Å². The normalized spacial score (nSPS) is 13.7. The summed E-state index contributed by atoms with van der Waals surface area (Å²) in [6, 6.07) is 14.6. The van der Waals surface area contributed by atoms with E-state index in [9.17, 15) is 0 Å². The highest BCUT2D eigenvalue weighted by atomic mass is 35.5. The summed E-state index contributed by atoms with van der Waals surface area (Å²) < 4.78 is 7.27. The van der Waals surface area contributed by atoms with Gasteiger partial charge in [0, 0.05) is 44.5 Å². The van der Waals surface area contributed by atoms with E-state index in [1.54, 1.807) is 23.1 Å². The molecule has 3 aromatic rings. The van der Waals surface area contributed by atoms with Crippen LogP contribution in [0.4, 0.5) is 5.69 Å². The first-order chi connectivity index (χ1) is 14.3. The van der Waals surface area contributed by atoms with Gasteiger partial charge in [-0.1, -0.05) is 18.2 Å². The molecule has 0 aliphatic carbocycles. The van der Waals surface area contributed by atoms with Crippen LogP contribution in [0, 0.1) is 11.3 Å². The van der Waals surface area contributed by atoms with E-state index >= 15 is 0 Å². The molecule has 0 spiro atoms. The van der Waals surface area contributed by atoms with Gasteiger partial charge in [-0.15, -0.1) is 36.2 Å². The van der Waals surface area contributed by atoms with Gasteiger partial charge in [0.25, 0.3) is 0 Å². The molecular formula is C22H27Cl2N5OS. The minimum Gasteiger partial charge on any atom is -0.495 e. The van der Waals surface area contributed by atoms with Crippen LogP contribution in [0.25, 0.3) is 10.6 Å². The van der Waals surface area contributed by atoms with Crippen LogP contribution >= 0.6 is 36.2 Å². The first kappa shape index (κ1) is 25.0. The summed E-state index contributed by atoms with van der Waals surface area (Å²) in [5.41, 5.74) is 3.41. The molecule has 0 saturated carbocycles. The first-order valence-electron chi connectivity index (χ1n) is 9.86. The van der Waals surface area contributed by atoms with Crippen molar-refractivity contribution in [3.05, 3.63) is 53.5 Å². The highest BCUT2D eigenvalue weighted by molar-refractivity contribution is 7.13. The molecule has 4 rings (SSSR count). The summed E-state index contributed by atoms with van der Waals surface area (Å²) in [6.07, 6.45) is 2.97. The van der Waals surface area contributed by atoms with Gasteiger partial charge in [0.1, 0.15) is 18.0 Å². The van der Waals surface area contributed by atoms with Crippen molar-refractivity contribution >= 4 is 41.8 Å². The highest BCUT2D eigenvalue weighted by Gasteiger charge is 2.20. The highest BCUT2D eigenvalue weighted by Crippen LogP contribution is 2.29. The third kappa shape index (κ3) is 5.92. The van der Waals surface area contributed by atoms with Gasteiger partial charge < -0.3 is 9.64 Å². The Kier molecular flexibility index (Phi) is 9.66. The molecule has 1 aliphatic heterocycles. The van der Waals surface area contributed by atoms with Crippen molar-refractivity contribution < 1.29 is 4.74 Å². The molecule has 1 fully saturated rings. The number of thiophene rings is 1. The lowest BCUT2D eigenvalue weighted by atomic mass is 10.1. The van der Waals surface area contributed by atoms with Gasteiger partial charge in [-0.25, -0.2) is 0 Å². The van der Waals surface area contributed by atoms with Crippen LogP contribution in [-0.4, -0.2) is 54.5 Å². The van der Waals surface area contributed by atoms with Crippen LogP contribution in [0.3, 0.4) is 0 Å². The number of piperazine rings is 1. The van der Waals surface area contributed by atoms with Crippen molar-refractivity contribution in [2.75, 3.05) is 44.7 Å². The number of nitriles is 1. The maximum absolute atomic E-state index is 9.01. The van der Waals surface area contributed by atoms with E-state index in [1.165, 1.54) is 11.3 Å². The van der Waals surface area contributed by atoms with Gasteiger partial charge in [0.05, 0.1) is 23.7 Å². The molecule has 0 atom stereocenters. The summed E-state index contributed by atoms with van der Waals surface area (Å²) in [5.74, 6) is 0.937. The van der Waals surface area contributed by atoms with Gasteiger partial charge >= 0.3 is 0 Å². The number of benzene rings is 1. The molecule has 6 nitrogen and oxygen atoms in total. The minimum atomic E-state index is 0. The Labute approximate surface area is 199 Å². The lowest BCUT2D eigenvalue weighted by Gasteiger charge is -2.36.